The van der Waals surface area contributed by atoms with Crippen LogP contribution in [-0.2, 0) is 9.53 Å². The molecular formula is C16H22F2N2O2. The van der Waals surface area contributed by atoms with E-state index in [-0.39, 0.29) is 17.9 Å². The zero-order valence-corrected chi connectivity index (χ0v) is 12.7. The van der Waals surface area contributed by atoms with Crippen LogP contribution >= 0.6 is 0 Å². The highest BCUT2D eigenvalue weighted by atomic mass is 19.1. The number of carbonyl (C=O) groups excluding carboxylic acids is 1. The van der Waals surface area contributed by atoms with Crippen LogP contribution in [0.1, 0.15) is 26.2 Å². The molecule has 1 aromatic carbocycles. The highest BCUT2D eigenvalue weighted by Gasteiger charge is 2.27. The molecule has 0 spiro atoms. The Balaban J connectivity index is 2.00. The summed E-state index contributed by atoms with van der Waals surface area (Å²) in [4.78, 5) is 13.3. The van der Waals surface area contributed by atoms with Gasteiger partial charge < -0.3 is 15.4 Å². The highest BCUT2D eigenvalue weighted by Crippen LogP contribution is 2.27. The molecule has 2 N–H and O–H groups in total. The maximum Gasteiger partial charge on any atom is 0.305 e. The van der Waals surface area contributed by atoms with Crippen molar-refractivity contribution >= 4 is 11.7 Å². The number of anilines is 1. The Morgan fingerprint density at radius 1 is 1.41 bits per heavy atom. The van der Waals surface area contributed by atoms with E-state index in [4.69, 9.17) is 10.5 Å². The molecular weight excluding hydrogens is 290 g/mol. The molecule has 0 amide bonds. The molecule has 6 heteroatoms. The van der Waals surface area contributed by atoms with Gasteiger partial charge in [-0.15, -0.1) is 0 Å². The summed E-state index contributed by atoms with van der Waals surface area (Å²) in [5.74, 6) is -1.21. The topological polar surface area (TPSA) is 55.6 Å². The van der Waals surface area contributed by atoms with Crippen LogP contribution in [0.5, 0.6) is 0 Å². The molecule has 1 aliphatic heterocycles. The number of piperidine rings is 1. The Morgan fingerprint density at radius 2 is 2.18 bits per heavy atom. The summed E-state index contributed by atoms with van der Waals surface area (Å²) in [5.41, 5.74) is 6.40. The van der Waals surface area contributed by atoms with Crippen LogP contribution < -0.4 is 10.6 Å². The van der Waals surface area contributed by atoms with Gasteiger partial charge in [0.25, 0.3) is 0 Å². The van der Waals surface area contributed by atoms with E-state index in [1.165, 1.54) is 12.1 Å². The summed E-state index contributed by atoms with van der Waals surface area (Å²) in [6.07, 6.45) is 1.79. The van der Waals surface area contributed by atoms with Gasteiger partial charge in [0, 0.05) is 31.6 Å². The molecule has 1 aliphatic rings. The number of halogens is 2. The molecule has 0 saturated carbocycles. The highest BCUT2D eigenvalue weighted by molar-refractivity contribution is 5.69. The smallest absolute Gasteiger partial charge is 0.305 e. The number of nitrogens with two attached hydrogens (primary N) is 1. The van der Waals surface area contributed by atoms with Gasteiger partial charge in [0.1, 0.15) is 11.6 Å². The van der Waals surface area contributed by atoms with Crippen molar-refractivity contribution in [1.29, 1.82) is 0 Å². The predicted molar refractivity (Wildman–Crippen MR) is 80.5 cm³/mol. The average molecular weight is 312 g/mol. The minimum atomic E-state index is -0.596. The SMILES string of the molecule is CCOC(=O)CCC1CC(N)CN(c2ccc(F)cc2F)C1. The van der Waals surface area contributed by atoms with E-state index in [1.54, 1.807) is 6.92 Å². The van der Waals surface area contributed by atoms with Crippen LogP contribution in [0.2, 0.25) is 0 Å². The van der Waals surface area contributed by atoms with Gasteiger partial charge in [-0.2, -0.15) is 0 Å². The Kier molecular flexibility index (Phi) is 5.71. The molecule has 1 aromatic rings. The van der Waals surface area contributed by atoms with Crippen molar-refractivity contribution in [1.82, 2.24) is 0 Å². The van der Waals surface area contributed by atoms with Crippen molar-refractivity contribution in [3.05, 3.63) is 29.8 Å². The fourth-order valence-corrected chi connectivity index (χ4v) is 2.95. The molecule has 1 fully saturated rings. The van der Waals surface area contributed by atoms with Gasteiger partial charge in [0.15, 0.2) is 0 Å². The standard InChI is InChI=1S/C16H22F2N2O2/c1-2-22-16(21)6-3-11-7-13(19)10-20(9-11)15-5-4-12(17)8-14(15)18/h4-5,8,11,13H,2-3,6-7,9-10,19H2,1H3. The molecule has 1 saturated heterocycles. The van der Waals surface area contributed by atoms with Gasteiger partial charge in [-0.3, -0.25) is 4.79 Å². The Morgan fingerprint density at radius 3 is 2.86 bits per heavy atom. The summed E-state index contributed by atoms with van der Waals surface area (Å²) in [6, 6.07) is 3.46. The minimum absolute atomic E-state index is 0.0922. The third kappa shape index (κ3) is 4.40. The maximum absolute atomic E-state index is 13.9. The summed E-state index contributed by atoms with van der Waals surface area (Å²) in [7, 11) is 0. The van der Waals surface area contributed by atoms with Gasteiger partial charge in [-0.05, 0) is 37.8 Å². The second-order valence-electron chi connectivity index (χ2n) is 5.71. The van der Waals surface area contributed by atoms with E-state index in [2.05, 4.69) is 0 Å². The van der Waals surface area contributed by atoms with Crippen molar-refractivity contribution in [2.24, 2.45) is 11.7 Å². The first kappa shape index (κ1) is 16.7. The number of hydrogen-bond acceptors (Lipinski definition) is 4. The number of esters is 1. The zero-order chi connectivity index (χ0) is 16.1. The van der Waals surface area contributed by atoms with Crippen molar-refractivity contribution in [3.63, 3.8) is 0 Å². The molecule has 122 valence electrons. The number of ether oxygens (including phenoxy) is 1. The first-order valence-corrected chi connectivity index (χ1v) is 7.60. The molecule has 2 atom stereocenters. The monoisotopic (exact) mass is 312 g/mol. The number of nitrogens with zero attached hydrogens (tertiary/aromatic N) is 1. The molecule has 0 aromatic heterocycles. The number of benzene rings is 1. The lowest BCUT2D eigenvalue weighted by molar-refractivity contribution is -0.143. The van der Waals surface area contributed by atoms with Crippen LogP contribution in [0.4, 0.5) is 14.5 Å². The average Bonchev–Trinajstić information content (AvgIpc) is 2.45. The van der Waals surface area contributed by atoms with Crippen molar-refractivity contribution in [2.75, 3.05) is 24.6 Å². The van der Waals surface area contributed by atoms with Gasteiger partial charge >= 0.3 is 5.97 Å². The Labute approximate surface area is 129 Å². The van der Waals surface area contributed by atoms with E-state index < -0.39 is 11.6 Å². The fraction of sp³-hybridized carbons (Fsp3) is 0.562. The van der Waals surface area contributed by atoms with Crippen LogP contribution in [0.3, 0.4) is 0 Å². The van der Waals surface area contributed by atoms with E-state index in [0.29, 0.717) is 38.2 Å². The molecule has 22 heavy (non-hydrogen) atoms. The van der Waals surface area contributed by atoms with Gasteiger partial charge in [0.2, 0.25) is 0 Å². The van der Waals surface area contributed by atoms with Crippen LogP contribution in [0, 0.1) is 17.6 Å². The van der Waals surface area contributed by atoms with Crippen molar-refractivity contribution < 1.29 is 18.3 Å². The summed E-state index contributed by atoms with van der Waals surface area (Å²) in [5, 5.41) is 0. The quantitative estimate of drug-likeness (QED) is 0.849. The molecule has 4 nitrogen and oxygen atoms in total. The summed E-state index contributed by atoms with van der Waals surface area (Å²) in [6.45, 7) is 3.28. The lowest BCUT2D eigenvalue weighted by Crippen LogP contribution is -2.47. The van der Waals surface area contributed by atoms with E-state index in [1.807, 2.05) is 4.90 Å². The van der Waals surface area contributed by atoms with E-state index in [0.717, 1.165) is 12.5 Å². The second-order valence-corrected chi connectivity index (χ2v) is 5.71. The van der Waals surface area contributed by atoms with Crippen LogP contribution in [0.25, 0.3) is 0 Å². The maximum atomic E-state index is 13.9. The van der Waals surface area contributed by atoms with Crippen molar-refractivity contribution in [3.8, 4) is 0 Å². The van der Waals surface area contributed by atoms with Crippen LogP contribution in [-0.4, -0.2) is 31.7 Å². The lowest BCUT2D eigenvalue weighted by Gasteiger charge is -2.38. The lowest BCUT2D eigenvalue weighted by atomic mass is 9.90. The normalized spacial score (nSPS) is 21.7. The number of carbonyl (C=O) groups is 1. The third-order valence-corrected chi connectivity index (χ3v) is 3.88. The van der Waals surface area contributed by atoms with Crippen molar-refractivity contribution in [2.45, 2.75) is 32.2 Å². The molecule has 1 heterocycles. The van der Waals surface area contributed by atoms with E-state index in [9.17, 15) is 13.6 Å². The molecule has 0 aliphatic carbocycles. The van der Waals surface area contributed by atoms with Crippen LogP contribution in [0.15, 0.2) is 18.2 Å². The molecule has 0 bridgehead atoms. The minimum Gasteiger partial charge on any atom is -0.466 e. The molecule has 2 rings (SSSR count). The zero-order valence-electron chi connectivity index (χ0n) is 12.7. The first-order chi connectivity index (χ1) is 10.5. The largest absolute Gasteiger partial charge is 0.466 e. The number of hydrogen-bond donors (Lipinski definition) is 1. The first-order valence-electron chi connectivity index (χ1n) is 7.60. The van der Waals surface area contributed by atoms with Gasteiger partial charge in [0.05, 0.1) is 12.3 Å². The van der Waals surface area contributed by atoms with E-state index >= 15 is 0 Å². The fourth-order valence-electron chi connectivity index (χ4n) is 2.95. The molecule has 0 radical (unpaired) electrons. The van der Waals surface area contributed by atoms with Gasteiger partial charge in [-0.1, -0.05) is 0 Å². The summed E-state index contributed by atoms with van der Waals surface area (Å²) >= 11 is 0. The Bertz CT molecular complexity index is 525. The van der Waals surface area contributed by atoms with Gasteiger partial charge in [-0.25, -0.2) is 8.78 Å². The predicted octanol–water partition coefficient (Wildman–Crippen LogP) is 2.46. The Hall–Kier alpha value is -1.69. The summed E-state index contributed by atoms with van der Waals surface area (Å²) < 4.78 is 31.8. The second kappa shape index (κ2) is 7.54. The third-order valence-electron chi connectivity index (χ3n) is 3.88. The number of rotatable bonds is 5. The molecule has 2 unspecified atom stereocenters.